The van der Waals surface area contributed by atoms with Crippen molar-refractivity contribution < 1.29 is 0 Å². The minimum Gasteiger partial charge on any atom is -0.340 e. The first-order valence-electron chi connectivity index (χ1n) is 8.78. The predicted molar refractivity (Wildman–Crippen MR) is 97.5 cm³/mol. The number of piperazine rings is 1. The number of benzene rings is 1. The van der Waals surface area contributed by atoms with Gasteiger partial charge in [0.1, 0.15) is 0 Å². The van der Waals surface area contributed by atoms with Crippen molar-refractivity contribution in [2.24, 2.45) is 0 Å². The van der Waals surface area contributed by atoms with Crippen molar-refractivity contribution in [3.63, 3.8) is 0 Å². The minimum atomic E-state index is 0.0195. The Labute approximate surface area is 143 Å². The van der Waals surface area contributed by atoms with E-state index in [-0.39, 0.29) is 5.56 Å². The highest BCUT2D eigenvalue weighted by Gasteiger charge is 2.20. The van der Waals surface area contributed by atoms with Crippen LogP contribution in [0.3, 0.4) is 0 Å². The van der Waals surface area contributed by atoms with E-state index in [0.29, 0.717) is 0 Å². The lowest BCUT2D eigenvalue weighted by atomic mass is 10.1. The fourth-order valence-electron chi connectivity index (χ4n) is 3.25. The molecular formula is C19H26N4O. The lowest BCUT2D eigenvalue weighted by molar-refractivity contribution is 0.248. The van der Waals surface area contributed by atoms with Crippen molar-refractivity contribution in [1.29, 1.82) is 0 Å². The first-order valence-corrected chi connectivity index (χ1v) is 8.78. The Kier molecular flexibility index (Phi) is 5.30. The average Bonchev–Trinajstić information content (AvgIpc) is 2.59. The van der Waals surface area contributed by atoms with Crippen molar-refractivity contribution in [3.05, 3.63) is 57.5 Å². The van der Waals surface area contributed by atoms with Gasteiger partial charge >= 0.3 is 0 Å². The van der Waals surface area contributed by atoms with Gasteiger partial charge in [0.2, 0.25) is 5.95 Å². The van der Waals surface area contributed by atoms with Gasteiger partial charge in [-0.05, 0) is 18.9 Å². The van der Waals surface area contributed by atoms with Gasteiger partial charge in [-0.2, -0.15) is 0 Å². The zero-order chi connectivity index (χ0) is 16.9. The van der Waals surface area contributed by atoms with Gasteiger partial charge in [0, 0.05) is 44.0 Å². The maximum atomic E-state index is 12.3. The molecule has 1 saturated heterocycles. The molecule has 1 aliphatic heterocycles. The highest BCUT2D eigenvalue weighted by atomic mass is 16.1. The van der Waals surface area contributed by atoms with Crippen LogP contribution in [0.15, 0.2) is 35.1 Å². The highest BCUT2D eigenvalue weighted by molar-refractivity contribution is 5.34. The molecule has 24 heavy (non-hydrogen) atoms. The summed E-state index contributed by atoms with van der Waals surface area (Å²) in [6, 6.07) is 10.6. The second kappa shape index (κ2) is 7.62. The van der Waals surface area contributed by atoms with Crippen LogP contribution in [0, 0.1) is 6.92 Å². The largest absolute Gasteiger partial charge is 0.340 e. The summed E-state index contributed by atoms with van der Waals surface area (Å²) in [5, 5.41) is 0. The Bertz CT molecular complexity index is 718. The molecule has 5 nitrogen and oxygen atoms in total. The summed E-state index contributed by atoms with van der Waals surface area (Å²) >= 11 is 0. The van der Waals surface area contributed by atoms with Crippen LogP contribution < -0.4 is 10.5 Å². The lowest BCUT2D eigenvalue weighted by Gasteiger charge is -2.35. The molecular weight excluding hydrogens is 300 g/mol. The molecule has 2 heterocycles. The molecule has 1 N–H and O–H groups in total. The molecule has 0 radical (unpaired) electrons. The third-order valence-corrected chi connectivity index (χ3v) is 4.63. The van der Waals surface area contributed by atoms with Gasteiger partial charge in [0.15, 0.2) is 0 Å². The third-order valence-electron chi connectivity index (χ3n) is 4.63. The van der Waals surface area contributed by atoms with Crippen molar-refractivity contribution in [1.82, 2.24) is 14.9 Å². The number of aromatic nitrogens is 2. The van der Waals surface area contributed by atoms with Gasteiger partial charge in [-0.25, -0.2) is 4.98 Å². The van der Waals surface area contributed by atoms with Crippen LogP contribution >= 0.6 is 0 Å². The van der Waals surface area contributed by atoms with E-state index in [2.05, 4.69) is 51.0 Å². The molecule has 0 amide bonds. The standard InChI is InChI=1S/C19H26N4O/c1-3-7-17-15(2)20-19(21-18(17)24)23-12-10-22(11-13-23)14-16-8-5-4-6-9-16/h4-6,8-9H,3,7,10-14H2,1-2H3,(H,20,21,24). The Morgan fingerprint density at radius 3 is 2.46 bits per heavy atom. The van der Waals surface area contributed by atoms with Gasteiger partial charge in [0.25, 0.3) is 5.56 Å². The molecule has 1 aliphatic rings. The molecule has 0 unspecified atom stereocenters. The minimum absolute atomic E-state index is 0.0195. The van der Waals surface area contributed by atoms with Crippen molar-refractivity contribution in [2.45, 2.75) is 33.2 Å². The van der Waals surface area contributed by atoms with Gasteiger partial charge < -0.3 is 4.90 Å². The first-order chi connectivity index (χ1) is 11.7. The first kappa shape index (κ1) is 16.7. The SMILES string of the molecule is CCCc1c(C)nc(N2CCN(Cc3ccccc3)CC2)[nH]c1=O. The summed E-state index contributed by atoms with van der Waals surface area (Å²) in [4.78, 5) is 24.5. The van der Waals surface area contributed by atoms with Crippen LogP contribution in [0.1, 0.15) is 30.2 Å². The number of hydrogen-bond donors (Lipinski definition) is 1. The number of anilines is 1. The Hall–Kier alpha value is -2.14. The van der Waals surface area contributed by atoms with Crippen LogP contribution in [-0.4, -0.2) is 41.0 Å². The van der Waals surface area contributed by atoms with E-state index in [1.807, 2.05) is 13.0 Å². The molecule has 0 saturated carbocycles. The summed E-state index contributed by atoms with van der Waals surface area (Å²) in [5.41, 5.74) is 3.05. The van der Waals surface area contributed by atoms with Gasteiger partial charge in [-0.1, -0.05) is 43.7 Å². The topological polar surface area (TPSA) is 52.2 Å². The molecule has 0 atom stereocenters. The molecule has 2 aromatic rings. The van der Waals surface area contributed by atoms with Crippen LogP contribution in [-0.2, 0) is 13.0 Å². The molecule has 3 rings (SSSR count). The van der Waals surface area contributed by atoms with E-state index in [9.17, 15) is 4.79 Å². The number of aromatic amines is 1. The van der Waals surface area contributed by atoms with Crippen molar-refractivity contribution >= 4 is 5.95 Å². The smallest absolute Gasteiger partial charge is 0.255 e. The number of nitrogens with one attached hydrogen (secondary N) is 1. The molecule has 128 valence electrons. The fraction of sp³-hybridized carbons (Fsp3) is 0.474. The van der Waals surface area contributed by atoms with E-state index in [0.717, 1.165) is 62.8 Å². The maximum absolute atomic E-state index is 12.3. The maximum Gasteiger partial charge on any atom is 0.255 e. The normalized spacial score (nSPS) is 15.7. The van der Waals surface area contributed by atoms with Gasteiger partial charge in [-0.15, -0.1) is 0 Å². The summed E-state index contributed by atoms with van der Waals surface area (Å²) in [6.45, 7) is 8.74. The summed E-state index contributed by atoms with van der Waals surface area (Å²) in [6.07, 6.45) is 1.75. The van der Waals surface area contributed by atoms with E-state index < -0.39 is 0 Å². The van der Waals surface area contributed by atoms with Crippen molar-refractivity contribution in [2.75, 3.05) is 31.1 Å². The Morgan fingerprint density at radius 2 is 1.83 bits per heavy atom. The van der Waals surface area contributed by atoms with Crippen LogP contribution in [0.2, 0.25) is 0 Å². The fourth-order valence-corrected chi connectivity index (χ4v) is 3.25. The molecule has 0 aliphatic carbocycles. The van der Waals surface area contributed by atoms with Gasteiger partial charge in [0.05, 0.1) is 0 Å². The number of hydrogen-bond acceptors (Lipinski definition) is 4. The Balaban J connectivity index is 1.63. The lowest BCUT2D eigenvalue weighted by Crippen LogP contribution is -2.47. The van der Waals surface area contributed by atoms with E-state index >= 15 is 0 Å². The predicted octanol–water partition coefficient (Wildman–Crippen LogP) is 2.35. The third kappa shape index (κ3) is 3.85. The Morgan fingerprint density at radius 1 is 1.12 bits per heavy atom. The monoisotopic (exact) mass is 326 g/mol. The average molecular weight is 326 g/mol. The molecule has 0 bridgehead atoms. The summed E-state index contributed by atoms with van der Waals surface area (Å²) in [7, 11) is 0. The zero-order valence-electron chi connectivity index (χ0n) is 14.6. The molecule has 0 spiro atoms. The highest BCUT2D eigenvalue weighted by Crippen LogP contribution is 2.14. The number of nitrogens with zero attached hydrogens (tertiary/aromatic N) is 3. The van der Waals surface area contributed by atoms with Crippen LogP contribution in [0.4, 0.5) is 5.95 Å². The second-order valence-electron chi connectivity index (χ2n) is 6.45. The summed E-state index contributed by atoms with van der Waals surface area (Å²) in [5.74, 6) is 0.719. The quantitative estimate of drug-likeness (QED) is 0.916. The van der Waals surface area contributed by atoms with Crippen molar-refractivity contribution in [3.8, 4) is 0 Å². The van der Waals surface area contributed by atoms with E-state index in [1.54, 1.807) is 0 Å². The van der Waals surface area contributed by atoms with Crippen LogP contribution in [0.25, 0.3) is 0 Å². The van der Waals surface area contributed by atoms with E-state index in [4.69, 9.17) is 0 Å². The zero-order valence-corrected chi connectivity index (χ0v) is 14.6. The number of rotatable bonds is 5. The number of H-pyrrole nitrogens is 1. The number of aryl methyl sites for hydroxylation is 1. The molecule has 1 aromatic carbocycles. The summed E-state index contributed by atoms with van der Waals surface area (Å²) < 4.78 is 0. The van der Waals surface area contributed by atoms with E-state index in [1.165, 1.54) is 5.56 Å². The molecule has 5 heteroatoms. The molecule has 1 aromatic heterocycles. The second-order valence-corrected chi connectivity index (χ2v) is 6.45. The van der Waals surface area contributed by atoms with Gasteiger partial charge in [-0.3, -0.25) is 14.7 Å². The van der Waals surface area contributed by atoms with Crippen LogP contribution in [0.5, 0.6) is 0 Å². The molecule has 1 fully saturated rings.